The Morgan fingerprint density at radius 3 is 2.12 bits per heavy atom. The zero-order valence-electron chi connectivity index (χ0n) is 16.7. The molecule has 13 heteroatoms. The highest BCUT2D eigenvalue weighted by Crippen LogP contribution is 2.40. The number of halogens is 6. The molecule has 0 saturated carbocycles. The highest BCUT2D eigenvalue weighted by atomic mass is 32.2. The quantitative estimate of drug-likeness (QED) is 0.614. The molecule has 0 bridgehead atoms. The number of carbonyl (C=O) groups excluding carboxylic acids is 1. The maximum absolute atomic E-state index is 13.2. The maximum atomic E-state index is 13.2. The number of amides is 1. The van der Waals surface area contributed by atoms with Gasteiger partial charge in [0.05, 0.1) is 33.3 Å². The number of hydrogen-bond acceptors (Lipinski definition) is 5. The molecule has 0 spiro atoms. The van der Waals surface area contributed by atoms with Crippen molar-refractivity contribution in [3.63, 3.8) is 0 Å². The van der Waals surface area contributed by atoms with Crippen LogP contribution in [0, 0.1) is 5.92 Å². The molecule has 174 valence electrons. The van der Waals surface area contributed by atoms with E-state index in [0.29, 0.717) is 6.07 Å². The van der Waals surface area contributed by atoms with Crippen LogP contribution >= 0.6 is 0 Å². The first-order valence-corrected chi connectivity index (χ1v) is 10.6. The molecule has 3 rings (SSSR count). The Bertz CT molecular complexity index is 1130. The van der Waals surface area contributed by atoms with Gasteiger partial charge in [-0.15, -0.1) is 0 Å². The summed E-state index contributed by atoms with van der Waals surface area (Å²) in [5.74, 6) is -2.81. The summed E-state index contributed by atoms with van der Waals surface area (Å²) in [7, 11) is -4.32. The predicted octanol–water partition coefficient (Wildman–Crippen LogP) is 4.12. The van der Waals surface area contributed by atoms with E-state index in [9.17, 15) is 39.6 Å². The van der Waals surface area contributed by atoms with Gasteiger partial charge in [0.25, 0.3) is 0 Å². The molecule has 1 saturated heterocycles. The van der Waals surface area contributed by atoms with Gasteiger partial charge in [-0.3, -0.25) is 4.79 Å². The molecule has 1 fully saturated rings. The average Bonchev–Trinajstić information content (AvgIpc) is 3.09. The summed E-state index contributed by atoms with van der Waals surface area (Å²) in [5.41, 5.74) is -1.17. The van der Waals surface area contributed by atoms with Gasteiger partial charge in [-0.25, -0.2) is 18.4 Å². The van der Waals surface area contributed by atoms with Crippen molar-refractivity contribution in [2.75, 3.05) is 11.4 Å². The van der Waals surface area contributed by atoms with E-state index in [1.807, 2.05) is 0 Å². The van der Waals surface area contributed by atoms with Crippen molar-refractivity contribution in [1.82, 2.24) is 9.97 Å². The highest BCUT2D eigenvalue weighted by molar-refractivity contribution is 7.92. The standard InChI is InChI=1S/C19H17F6N3O3S/c1-17(2,32(30,31)14-5-3-4-11(6-14)18(20,21)22)12-7-15(29)28(10-12)13-8-26-16(27-9-13)19(23,24)25/h3-6,8-9,12H,7,10H2,1-2H3. The second kappa shape index (κ2) is 7.71. The fourth-order valence-electron chi connectivity index (χ4n) is 3.39. The minimum absolute atomic E-state index is 0.0437. The number of sulfone groups is 1. The Morgan fingerprint density at radius 2 is 1.59 bits per heavy atom. The largest absolute Gasteiger partial charge is 0.451 e. The maximum Gasteiger partial charge on any atom is 0.451 e. The first-order chi connectivity index (χ1) is 14.5. The number of aromatic nitrogens is 2. The van der Waals surface area contributed by atoms with Crippen molar-refractivity contribution in [1.29, 1.82) is 0 Å². The number of carbonyl (C=O) groups is 1. The molecular weight excluding hydrogens is 464 g/mol. The SMILES string of the molecule is CC(C)(C1CC(=O)N(c2cnc(C(F)(F)F)nc2)C1)S(=O)(=O)c1cccc(C(F)(F)F)c1. The molecule has 1 aromatic heterocycles. The van der Waals surface area contributed by atoms with Crippen molar-refractivity contribution in [2.24, 2.45) is 5.92 Å². The molecule has 0 radical (unpaired) electrons. The summed E-state index contributed by atoms with van der Waals surface area (Å²) in [6.45, 7) is 2.42. The normalized spacial score (nSPS) is 18.3. The van der Waals surface area contributed by atoms with E-state index in [-0.39, 0.29) is 18.7 Å². The Balaban J connectivity index is 1.89. The second-order valence-corrected chi connectivity index (χ2v) is 10.3. The lowest BCUT2D eigenvalue weighted by Gasteiger charge is -2.31. The Kier molecular flexibility index (Phi) is 5.77. The smallest absolute Gasteiger partial charge is 0.309 e. The molecule has 1 aliphatic heterocycles. The lowest BCUT2D eigenvalue weighted by molar-refractivity contribution is -0.145. The fourth-order valence-corrected chi connectivity index (χ4v) is 5.14. The first-order valence-electron chi connectivity index (χ1n) is 9.16. The van der Waals surface area contributed by atoms with E-state index in [1.165, 1.54) is 13.8 Å². The molecule has 6 nitrogen and oxygen atoms in total. The molecule has 1 aromatic carbocycles. The van der Waals surface area contributed by atoms with Crippen LogP contribution in [-0.2, 0) is 27.0 Å². The minimum atomic E-state index is -4.77. The molecule has 32 heavy (non-hydrogen) atoms. The van der Waals surface area contributed by atoms with Crippen LogP contribution in [0.1, 0.15) is 31.7 Å². The van der Waals surface area contributed by atoms with E-state index in [1.54, 1.807) is 0 Å². The summed E-state index contributed by atoms with van der Waals surface area (Å²) in [5, 5.41) is 0. The van der Waals surface area contributed by atoms with Gasteiger partial charge >= 0.3 is 12.4 Å². The lowest BCUT2D eigenvalue weighted by Crippen LogP contribution is -2.41. The van der Waals surface area contributed by atoms with Crippen molar-refractivity contribution in [2.45, 2.75) is 42.3 Å². The third-order valence-corrected chi connectivity index (χ3v) is 8.07. The zero-order chi connectivity index (χ0) is 24.1. The molecule has 1 unspecified atom stereocenters. The number of alkyl halides is 6. The number of nitrogens with zero attached hydrogens (tertiary/aromatic N) is 3. The summed E-state index contributed by atoms with van der Waals surface area (Å²) in [6.07, 6.45) is -8.16. The number of hydrogen-bond donors (Lipinski definition) is 0. The van der Waals surface area contributed by atoms with Crippen molar-refractivity contribution >= 4 is 21.4 Å². The summed E-state index contributed by atoms with van der Waals surface area (Å²) < 4.78 is 102. The predicted molar refractivity (Wildman–Crippen MR) is 100 cm³/mol. The summed E-state index contributed by atoms with van der Waals surface area (Å²) in [4.78, 5) is 19.4. The van der Waals surface area contributed by atoms with E-state index in [2.05, 4.69) is 9.97 Å². The Morgan fingerprint density at radius 1 is 1.00 bits per heavy atom. The molecule has 2 aromatic rings. The van der Waals surface area contributed by atoms with Crippen LogP contribution in [0.2, 0.25) is 0 Å². The van der Waals surface area contributed by atoms with E-state index in [0.717, 1.165) is 35.5 Å². The fraction of sp³-hybridized carbons (Fsp3) is 0.421. The van der Waals surface area contributed by atoms with Crippen molar-refractivity contribution < 1.29 is 39.6 Å². The number of benzene rings is 1. The van der Waals surface area contributed by atoms with Gasteiger partial charge in [-0.05, 0) is 32.0 Å². The van der Waals surface area contributed by atoms with Gasteiger partial charge in [0.15, 0.2) is 9.84 Å². The molecule has 1 aliphatic rings. The number of anilines is 1. The van der Waals surface area contributed by atoms with E-state index >= 15 is 0 Å². The Hall–Kier alpha value is -2.70. The molecule has 0 N–H and O–H groups in total. The van der Waals surface area contributed by atoms with Crippen LogP contribution in [0.5, 0.6) is 0 Å². The van der Waals surface area contributed by atoms with Gasteiger partial charge in [0.1, 0.15) is 0 Å². The van der Waals surface area contributed by atoms with Gasteiger partial charge in [0, 0.05) is 18.9 Å². The van der Waals surface area contributed by atoms with Crippen LogP contribution in [0.4, 0.5) is 32.0 Å². The second-order valence-electron chi connectivity index (χ2n) is 7.80. The van der Waals surface area contributed by atoms with Gasteiger partial charge < -0.3 is 4.90 Å². The van der Waals surface area contributed by atoms with Gasteiger partial charge in [-0.2, -0.15) is 26.3 Å². The third-order valence-electron chi connectivity index (χ3n) is 5.48. The molecule has 1 atom stereocenters. The van der Waals surface area contributed by atoms with Crippen molar-refractivity contribution in [3.8, 4) is 0 Å². The van der Waals surface area contributed by atoms with Crippen LogP contribution in [0.3, 0.4) is 0 Å². The van der Waals surface area contributed by atoms with Gasteiger partial charge in [0.2, 0.25) is 11.7 Å². The van der Waals surface area contributed by atoms with Crippen LogP contribution in [-0.4, -0.2) is 35.6 Å². The van der Waals surface area contributed by atoms with E-state index in [4.69, 9.17) is 0 Å². The van der Waals surface area contributed by atoms with E-state index < -0.39 is 55.0 Å². The summed E-state index contributed by atoms with van der Waals surface area (Å²) in [6, 6.07) is 3.31. The summed E-state index contributed by atoms with van der Waals surface area (Å²) >= 11 is 0. The van der Waals surface area contributed by atoms with Crippen LogP contribution < -0.4 is 4.90 Å². The molecule has 0 aliphatic carbocycles. The topological polar surface area (TPSA) is 80.2 Å². The highest BCUT2D eigenvalue weighted by Gasteiger charge is 2.49. The Labute approximate surface area is 179 Å². The third kappa shape index (κ3) is 4.30. The lowest BCUT2D eigenvalue weighted by atomic mass is 9.94. The van der Waals surface area contributed by atoms with Crippen LogP contribution in [0.25, 0.3) is 0 Å². The van der Waals surface area contributed by atoms with Crippen LogP contribution in [0.15, 0.2) is 41.6 Å². The number of rotatable bonds is 4. The average molecular weight is 481 g/mol. The molecule has 2 heterocycles. The minimum Gasteiger partial charge on any atom is -0.309 e. The first kappa shape index (κ1) is 24.0. The van der Waals surface area contributed by atoms with Gasteiger partial charge in [-0.1, -0.05) is 6.07 Å². The molecular formula is C19H17F6N3O3S. The zero-order valence-corrected chi connectivity index (χ0v) is 17.5. The monoisotopic (exact) mass is 481 g/mol. The molecule has 1 amide bonds. The van der Waals surface area contributed by atoms with Crippen molar-refractivity contribution in [3.05, 3.63) is 48.0 Å².